The number of ketones is 1. The molecule has 70 valence electrons. The fourth-order valence-electron chi connectivity index (χ4n) is 1.21. The van der Waals surface area contributed by atoms with E-state index in [-0.39, 0.29) is 5.78 Å². The van der Waals surface area contributed by atoms with Gasteiger partial charge in [0.05, 0.1) is 0 Å². The third-order valence-electron chi connectivity index (χ3n) is 1.98. The number of nitrogen functional groups attached to an aromatic ring is 1. The van der Waals surface area contributed by atoms with Crippen LogP contribution in [0.2, 0.25) is 5.02 Å². The van der Waals surface area contributed by atoms with Gasteiger partial charge in [0.2, 0.25) is 0 Å². The Kier molecular flexibility index (Phi) is 2.94. The molecule has 0 saturated heterocycles. The number of anilines is 1. The monoisotopic (exact) mass is 197 g/mol. The van der Waals surface area contributed by atoms with Crippen LogP contribution in [-0.4, -0.2) is 5.78 Å². The highest BCUT2D eigenvalue weighted by molar-refractivity contribution is 6.32. The Morgan fingerprint density at radius 1 is 1.54 bits per heavy atom. The van der Waals surface area contributed by atoms with E-state index < -0.39 is 0 Å². The summed E-state index contributed by atoms with van der Waals surface area (Å²) in [4.78, 5) is 11.1. The molecule has 0 spiro atoms. The zero-order valence-electron chi connectivity index (χ0n) is 7.73. The average Bonchev–Trinajstić information content (AvgIpc) is 2.07. The van der Waals surface area contributed by atoms with Gasteiger partial charge in [0, 0.05) is 16.3 Å². The first-order valence-corrected chi connectivity index (χ1v) is 4.53. The van der Waals surface area contributed by atoms with E-state index in [9.17, 15) is 4.79 Å². The minimum Gasteiger partial charge on any atom is -0.398 e. The predicted octanol–water partition coefficient (Wildman–Crippen LogP) is 2.69. The van der Waals surface area contributed by atoms with E-state index in [1.807, 2.05) is 6.92 Å². The maximum Gasteiger partial charge on any atom is 0.161 e. The summed E-state index contributed by atoms with van der Waals surface area (Å²) in [5, 5.41) is 0.613. The highest BCUT2D eigenvalue weighted by Gasteiger charge is 2.08. The van der Waals surface area contributed by atoms with E-state index in [1.54, 1.807) is 12.1 Å². The van der Waals surface area contributed by atoms with Crippen molar-refractivity contribution in [2.45, 2.75) is 20.3 Å². The summed E-state index contributed by atoms with van der Waals surface area (Å²) >= 11 is 5.94. The molecule has 3 heteroatoms. The minimum atomic E-state index is -0.0537. The molecule has 0 aliphatic heterocycles. The van der Waals surface area contributed by atoms with Crippen molar-refractivity contribution in [1.82, 2.24) is 0 Å². The van der Waals surface area contributed by atoms with Gasteiger partial charge in [-0.2, -0.15) is 0 Å². The molecular weight excluding hydrogens is 186 g/mol. The number of aryl methyl sites for hydroxylation is 1. The number of rotatable bonds is 2. The van der Waals surface area contributed by atoms with E-state index in [0.717, 1.165) is 12.0 Å². The van der Waals surface area contributed by atoms with E-state index in [1.165, 1.54) is 6.92 Å². The maximum atomic E-state index is 11.1. The number of benzene rings is 1. The lowest BCUT2D eigenvalue weighted by Gasteiger charge is -2.06. The van der Waals surface area contributed by atoms with Gasteiger partial charge in [0.15, 0.2) is 5.78 Å². The molecule has 0 unspecified atom stereocenters. The van der Waals surface area contributed by atoms with Crippen molar-refractivity contribution in [2.24, 2.45) is 0 Å². The molecule has 0 radical (unpaired) electrons. The van der Waals surface area contributed by atoms with Crippen LogP contribution in [0.25, 0.3) is 0 Å². The number of halogens is 1. The van der Waals surface area contributed by atoms with Crippen molar-refractivity contribution in [3.8, 4) is 0 Å². The molecular formula is C10H12ClNO. The van der Waals surface area contributed by atoms with Crippen molar-refractivity contribution in [3.63, 3.8) is 0 Å². The zero-order chi connectivity index (χ0) is 10.0. The second-order valence-corrected chi connectivity index (χ2v) is 3.35. The molecule has 0 aliphatic rings. The number of hydrogen-bond donors (Lipinski definition) is 1. The maximum absolute atomic E-state index is 11.1. The lowest BCUT2D eigenvalue weighted by molar-refractivity contribution is 0.101. The Morgan fingerprint density at radius 2 is 2.15 bits per heavy atom. The smallest absolute Gasteiger partial charge is 0.161 e. The van der Waals surface area contributed by atoms with Crippen LogP contribution in [0.1, 0.15) is 29.8 Å². The van der Waals surface area contributed by atoms with E-state index in [4.69, 9.17) is 17.3 Å². The third kappa shape index (κ3) is 2.01. The highest BCUT2D eigenvalue weighted by Crippen LogP contribution is 2.24. The summed E-state index contributed by atoms with van der Waals surface area (Å²) in [6.07, 6.45) is 0.821. The van der Waals surface area contributed by atoms with Crippen molar-refractivity contribution in [3.05, 3.63) is 28.3 Å². The minimum absolute atomic E-state index is 0.0537. The SMILES string of the molecule is CCc1cc(N)c(C(C)=O)cc1Cl. The second kappa shape index (κ2) is 3.79. The number of carbonyl (C=O) groups excluding carboxylic acids is 1. The van der Waals surface area contributed by atoms with Crippen LogP contribution in [0, 0.1) is 0 Å². The molecule has 0 aliphatic carbocycles. The van der Waals surface area contributed by atoms with E-state index >= 15 is 0 Å². The molecule has 2 N–H and O–H groups in total. The third-order valence-corrected chi connectivity index (χ3v) is 2.33. The van der Waals surface area contributed by atoms with Crippen LogP contribution in [-0.2, 0) is 6.42 Å². The van der Waals surface area contributed by atoms with Gasteiger partial charge in [-0.3, -0.25) is 4.79 Å². The number of hydrogen-bond acceptors (Lipinski definition) is 2. The van der Waals surface area contributed by atoms with Gasteiger partial charge in [-0.1, -0.05) is 18.5 Å². The van der Waals surface area contributed by atoms with Crippen LogP contribution >= 0.6 is 11.6 Å². The van der Waals surface area contributed by atoms with Crippen molar-refractivity contribution < 1.29 is 4.79 Å². The Balaban J connectivity index is 3.28. The number of carbonyl (C=O) groups is 1. The predicted molar refractivity (Wildman–Crippen MR) is 55.2 cm³/mol. The van der Waals surface area contributed by atoms with Crippen molar-refractivity contribution >= 4 is 23.1 Å². The average molecular weight is 198 g/mol. The topological polar surface area (TPSA) is 43.1 Å². The van der Waals surface area contributed by atoms with Crippen LogP contribution in [0.3, 0.4) is 0 Å². The molecule has 1 aromatic carbocycles. The summed E-state index contributed by atoms with van der Waals surface area (Å²) in [5.41, 5.74) is 7.67. The number of nitrogens with two attached hydrogens (primary N) is 1. The normalized spacial score (nSPS) is 10.1. The Labute approximate surface area is 82.7 Å². The van der Waals surface area contributed by atoms with Gasteiger partial charge >= 0.3 is 0 Å². The first-order chi connectivity index (χ1) is 6.06. The fourth-order valence-corrected chi connectivity index (χ4v) is 1.51. The Morgan fingerprint density at radius 3 is 2.62 bits per heavy atom. The van der Waals surface area contributed by atoms with Gasteiger partial charge < -0.3 is 5.73 Å². The molecule has 0 bridgehead atoms. The van der Waals surface area contributed by atoms with E-state index in [2.05, 4.69) is 0 Å². The zero-order valence-corrected chi connectivity index (χ0v) is 8.48. The Bertz CT molecular complexity index is 347. The molecule has 0 atom stereocenters. The fraction of sp³-hybridized carbons (Fsp3) is 0.300. The van der Waals surface area contributed by atoms with Gasteiger partial charge in [-0.25, -0.2) is 0 Å². The van der Waals surface area contributed by atoms with Crippen LogP contribution in [0.15, 0.2) is 12.1 Å². The molecule has 1 aromatic rings. The first kappa shape index (κ1) is 10.1. The largest absolute Gasteiger partial charge is 0.398 e. The molecule has 0 aromatic heterocycles. The molecule has 0 fully saturated rings. The van der Waals surface area contributed by atoms with Crippen molar-refractivity contribution in [1.29, 1.82) is 0 Å². The molecule has 1 rings (SSSR count). The molecule has 2 nitrogen and oxygen atoms in total. The van der Waals surface area contributed by atoms with Gasteiger partial charge in [0.25, 0.3) is 0 Å². The summed E-state index contributed by atoms with van der Waals surface area (Å²) in [6, 6.07) is 3.40. The highest BCUT2D eigenvalue weighted by atomic mass is 35.5. The van der Waals surface area contributed by atoms with Crippen LogP contribution < -0.4 is 5.73 Å². The van der Waals surface area contributed by atoms with Crippen LogP contribution in [0.4, 0.5) is 5.69 Å². The molecule has 0 heterocycles. The number of Topliss-reactive ketones (excluding diaryl/α,β-unsaturated/α-hetero) is 1. The molecule has 0 amide bonds. The standard InChI is InChI=1S/C10H12ClNO/c1-3-7-4-10(12)8(6(2)13)5-9(7)11/h4-5H,3,12H2,1-2H3. The van der Waals surface area contributed by atoms with Gasteiger partial charge in [0.1, 0.15) is 0 Å². The van der Waals surface area contributed by atoms with E-state index in [0.29, 0.717) is 16.3 Å². The second-order valence-electron chi connectivity index (χ2n) is 2.94. The molecule has 13 heavy (non-hydrogen) atoms. The quantitative estimate of drug-likeness (QED) is 0.585. The van der Waals surface area contributed by atoms with Crippen molar-refractivity contribution in [2.75, 3.05) is 5.73 Å². The van der Waals surface area contributed by atoms with Gasteiger partial charge in [-0.05, 0) is 31.0 Å². The lowest BCUT2D eigenvalue weighted by atomic mass is 10.0. The van der Waals surface area contributed by atoms with Gasteiger partial charge in [-0.15, -0.1) is 0 Å². The summed E-state index contributed by atoms with van der Waals surface area (Å²) in [7, 11) is 0. The lowest BCUT2D eigenvalue weighted by Crippen LogP contribution is -2.01. The Hall–Kier alpha value is -1.02. The first-order valence-electron chi connectivity index (χ1n) is 4.15. The summed E-state index contributed by atoms with van der Waals surface area (Å²) < 4.78 is 0. The van der Waals surface area contributed by atoms with Crippen LogP contribution in [0.5, 0.6) is 0 Å². The summed E-state index contributed by atoms with van der Waals surface area (Å²) in [6.45, 7) is 3.47. The molecule has 0 saturated carbocycles. The summed E-state index contributed by atoms with van der Waals surface area (Å²) in [5.74, 6) is -0.0537.